The fourth-order valence-corrected chi connectivity index (χ4v) is 6.20. The third-order valence-electron chi connectivity index (χ3n) is 7.95. The number of nitrogens with zero attached hydrogens (tertiary/aromatic N) is 2. The lowest BCUT2D eigenvalue weighted by molar-refractivity contribution is 0.00677. The standard InChI is InChI=1S/C38H39BrN2O2/c1-41(2)24-11-10-23-38(42,32-18-12-15-29(25-32)20-19-28-13-6-4-7-14-28)36(30-16-8-5-9-17-30)34-27-31-26-33(39)21-22-35(31)40-37(34)43-3/h4-9,12-22,25-27,36,42H,10-11,23-24H2,1-3H3. The number of ether oxygens (including phenoxy) is 1. The van der Waals surface area contributed by atoms with Gasteiger partial charge in [0, 0.05) is 21.3 Å². The zero-order valence-electron chi connectivity index (χ0n) is 25.1. The van der Waals surface area contributed by atoms with E-state index >= 15 is 0 Å². The Morgan fingerprint density at radius 2 is 1.53 bits per heavy atom. The Labute approximate surface area is 263 Å². The zero-order valence-corrected chi connectivity index (χ0v) is 26.7. The topological polar surface area (TPSA) is 45.6 Å². The first-order valence-electron chi connectivity index (χ1n) is 14.8. The van der Waals surface area contributed by atoms with Gasteiger partial charge in [-0.2, -0.15) is 0 Å². The molecule has 5 heteroatoms. The molecule has 1 heterocycles. The Kier molecular flexibility index (Phi) is 10.1. The molecule has 1 aromatic heterocycles. The molecule has 0 spiro atoms. The normalized spacial score (nSPS) is 13.8. The van der Waals surface area contributed by atoms with Crippen molar-refractivity contribution in [3.63, 3.8) is 0 Å². The first-order chi connectivity index (χ1) is 20.9. The van der Waals surface area contributed by atoms with E-state index in [1.165, 1.54) is 0 Å². The maximum Gasteiger partial charge on any atom is 0.217 e. The molecular formula is C38H39BrN2O2. The summed E-state index contributed by atoms with van der Waals surface area (Å²) in [5, 5.41) is 14.1. The van der Waals surface area contributed by atoms with Crippen molar-refractivity contribution in [2.24, 2.45) is 0 Å². The monoisotopic (exact) mass is 634 g/mol. The maximum absolute atomic E-state index is 13.1. The molecular weight excluding hydrogens is 596 g/mol. The molecule has 0 aliphatic heterocycles. The molecule has 0 saturated heterocycles. The molecule has 0 bridgehead atoms. The maximum atomic E-state index is 13.1. The Morgan fingerprint density at radius 1 is 0.837 bits per heavy atom. The second-order valence-electron chi connectivity index (χ2n) is 11.3. The van der Waals surface area contributed by atoms with E-state index in [4.69, 9.17) is 9.72 Å². The van der Waals surface area contributed by atoms with Crippen molar-refractivity contribution in [2.45, 2.75) is 30.8 Å². The van der Waals surface area contributed by atoms with Gasteiger partial charge in [0.1, 0.15) is 5.60 Å². The highest BCUT2D eigenvalue weighted by atomic mass is 79.9. The Morgan fingerprint density at radius 3 is 2.26 bits per heavy atom. The molecule has 1 N–H and O–H groups in total. The summed E-state index contributed by atoms with van der Waals surface area (Å²) in [6.45, 7) is 0.959. The van der Waals surface area contributed by atoms with Gasteiger partial charge in [-0.3, -0.25) is 0 Å². The van der Waals surface area contributed by atoms with Gasteiger partial charge in [-0.25, -0.2) is 4.98 Å². The van der Waals surface area contributed by atoms with Crippen molar-refractivity contribution < 1.29 is 9.84 Å². The lowest BCUT2D eigenvalue weighted by atomic mass is 9.71. The van der Waals surface area contributed by atoms with Crippen LogP contribution in [0, 0.1) is 0 Å². The first-order valence-corrected chi connectivity index (χ1v) is 15.6. The number of benzene rings is 4. The zero-order chi connectivity index (χ0) is 30.2. The number of unbranched alkanes of at least 4 members (excludes halogenated alkanes) is 1. The second-order valence-corrected chi connectivity index (χ2v) is 12.2. The van der Waals surface area contributed by atoms with Crippen LogP contribution in [0.5, 0.6) is 5.88 Å². The largest absolute Gasteiger partial charge is 0.481 e. The van der Waals surface area contributed by atoms with Crippen LogP contribution in [-0.2, 0) is 5.60 Å². The van der Waals surface area contributed by atoms with Crippen LogP contribution in [0.25, 0.3) is 23.1 Å². The number of pyridine rings is 1. The highest BCUT2D eigenvalue weighted by molar-refractivity contribution is 9.10. The van der Waals surface area contributed by atoms with Crippen LogP contribution in [0.2, 0.25) is 0 Å². The molecule has 4 aromatic carbocycles. The summed E-state index contributed by atoms with van der Waals surface area (Å²) in [4.78, 5) is 7.11. The average Bonchev–Trinajstić information content (AvgIpc) is 3.03. The summed E-state index contributed by atoms with van der Waals surface area (Å²) in [6, 6.07) is 37.0. The number of fused-ring (bicyclic) bond motifs is 1. The molecule has 5 aromatic rings. The van der Waals surface area contributed by atoms with Gasteiger partial charge < -0.3 is 14.7 Å². The molecule has 220 valence electrons. The second kappa shape index (κ2) is 14.1. The van der Waals surface area contributed by atoms with Gasteiger partial charge in [-0.1, -0.05) is 107 Å². The van der Waals surface area contributed by atoms with Crippen LogP contribution in [0.3, 0.4) is 0 Å². The Balaban J connectivity index is 1.68. The van der Waals surface area contributed by atoms with E-state index < -0.39 is 11.5 Å². The third kappa shape index (κ3) is 7.42. The summed E-state index contributed by atoms with van der Waals surface area (Å²) >= 11 is 3.63. The fraction of sp³-hybridized carbons (Fsp3) is 0.237. The van der Waals surface area contributed by atoms with E-state index in [0.29, 0.717) is 12.3 Å². The van der Waals surface area contributed by atoms with Crippen LogP contribution in [0.1, 0.15) is 53.0 Å². The van der Waals surface area contributed by atoms with E-state index in [0.717, 1.165) is 62.6 Å². The van der Waals surface area contributed by atoms with Crippen molar-refractivity contribution in [1.82, 2.24) is 9.88 Å². The average molecular weight is 636 g/mol. The fourth-order valence-electron chi connectivity index (χ4n) is 5.82. The molecule has 0 saturated carbocycles. The number of aliphatic hydroxyl groups is 1. The molecule has 2 atom stereocenters. The smallest absolute Gasteiger partial charge is 0.217 e. The van der Waals surface area contributed by atoms with Crippen LogP contribution in [-0.4, -0.2) is 42.7 Å². The highest BCUT2D eigenvalue weighted by Gasteiger charge is 2.42. The van der Waals surface area contributed by atoms with Crippen molar-refractivity contribution >= 4 is 39.0 Å². The van der Waals surface area contributed by atoms with Crippen molar-refractivity contribution in [3.8, 4) is 5.88 Å². The van der Waals surface area contributed by atoms with Gasteiger partial charge in [0.15, 0.2) is 0 Å². The SMILES string of the molecule is COc1nc2ccc(Br)cc2cc1C(c1ccccc1)C(O)(CCCCN(C)C)c1cccc(C=Cc2ccccc2)c1. The molecule has 4 nitrogen and oxygen atoms in total. The third-order valence-corrected chi connectivity index (χ3v) is 8.45. The van der Waals surface area contributed by atoms with E-state index in [1.54, 1.807) is 7.11 Å². The van der Waals surface area contributed by atoms with E-state index in [-0.39, 0.29) is 0 Å². The minimum absolute atomic E-state index is 0.424. The van der Waals surface area contributed by atoms with E-state index in [1.807, 2.05) is 54.6 Å². The summed E-state index contributed by atoms with van der Waals surface area (Å²) in [6.07, 6.45) is 6.63. The number of rotatable bonds is 12. The summed E-state index contributed by atoms with van der Waals surface area (Å²) in [5.41, 5.74) is 4.52. The van der Waals surface area contributed by atoms with Crippen LogP contribution >= 0.6 is 15.9 Å². The van der Waals surface area contributed by atoms with Gasteiger partial charge in [-0.15, -0.1) is 0 Å². The summed E-state index contributed by atoms with van der Waals surface area (Å²) in [5.74, 6) is 0.0998. The Hall–Kier alpha value is -3.77. The molecule has 0 amide bonds. The number of aromatic nitrogens is 1. The van der Waals surface area contributed by atoms with Gasteiger partial charge in [-0.05, 0) is 92.5 Å². The minimum atomic E-state index is -1.24. The Bertz CT molecular complexity index is 1670. The van der Waals surface area contributed by atoms with Crippen molar-refractivity contribution in [2.75, 3.05) is 27.7 Å². The molecule has 0 aliphatic rings. The molecule has 5 rings (SSSR count). The molecule has 43 heavy (non-hydrogen) atoms. The van der Waals surface area contributed by atoms with Crippen LogP contribution < -0.4 is 4.74 Å². The van der Waals surface area contributed by atoms with Crippen molar-refractivity contribution in [3.05, 3.63) is 141 Å². The minimum Gasteiger partial charge on any atom is -0.481 e. The predicted octanol–water partition coefficient (Wildman–Crippen LogP) is 8.93. The predicted molar refractivity (Wildman–Crippen MR) is 182 cm³/mol. The van der Waals surface area contributed by atoms with Crippen LogP contribution in [0.4, 0.5) is 0 Å². The lowest BCUT2D eigenvalue weighted by Crippen LogP contribution is -2.35. The molecule has 0 fully saturated rings. The lowest BCUT2D eigenvalue weighted by Gasteiger charge is -2.38. The number of hydrogen-bond acceptors (Lipinski definition) is 4. The van der Waals surface area contributed by atoms with Crippen LogP contribution in [0.15, 0.2) is 114 Å². The van der Waals surface area contributed by atoms with Gasteiger partial charge in [0.05, 0.1) is 12.6 Å². The summed E-state index contributed by atoms with van der Waals surface area (Å²) < 4.78 is 6.91. The van der Waals surface area contributed by atoms with Gasteiger partial charge >= 0.3 is 0 Å². The van der Waals surface area contributed by atoms with Crippen molar-refractivity contribution in [1.29, 1.82) is 0 Å². The number of hydrogen-bond donors (Lipinski definition) is 1. The number of methoxy groups -OCH3 is 1. The van der Waals surface area contributed by atoms with Gasteiger partial charge in [0.25, 0.3) is 0 Å². The summed E-state index contributed by atoms with van der Waals surface area (Å²) in [7, 11) is 5.83. The number of halogens is 1. The molecule has 2 unspecified atom stereocenters. The quantitative estimate of drug-likeness (QED) is 0.110. The van der Waals surface area contributed by atoms with Gasteiger partial charge in [0.2, 0.25) is 5.88 Å². The van der Waals surface area contributed by atoms with E-state index in [2.05, 4.69) is 102 Å². The molecule has 0 aliphatic carbocycles. The highest BCUT2D eigenvalue weighted by Crippen LogP contribution is 2.48. The van der Waals surface area contributed by atoms with E-state index in [9.17, 15) is 5.11 Å². The molecule has 0 radical (unpaired) electrons. The first kappa shape index (κ1) is 30.7.